The minimum Gasteiger partial charge on any atom is -0.462 e. The second kappa shape index (κ2) is 7.50. The molecule has 0 radical (unpaired) electrons. The Hall–Kier alpha value is -1.49. The predicted molar refractivity (Wildman–Crippen MR) is 97.2 cm³/mol. The highest BCUT2D eigenvalue weighted by molar-refractivity contribution is 5.73. The highest BCUT2D eigenvalue weighted by Crippen LogP contribution is 2.44. The normalized spacial score (nSPS) is 34.8. The van der Waals surface area contributed by atoms with Crippen molar-refractivity contribution in [3.63, 3.8) is 0 Å². The van der Waals surface area contributed by atoms with Crippen molar-refractivity contribution in [3.8, 4) is 0 Å². The number of carbonyl (C=O) groups excluding carboxylic acids is 1. The standard InChI is InChI=1S/C22H28F2O3/c1-12-3-8-16(22(25)27-12)13(2)14-4-6-15(7-5-14)17-9-10-18(19-11-26-19)21(24)20(17)23/h9-10,12-16,19H,3-8,11H2,1-2H3. The molecular weight excluding hydrogens is 350 g/mol. The van der Waals surface area contributed by atoms with Crippen molar-refractivity contribution >= 4 is 5.97 Å². The number of hydrogen-bond donors (Lipinski definition) is 0. The van der Waals surface area contributed by atoms with Crippen LogP contribution in [0.1, 0.15) is 75.5 Å². The number of ether oxygens (including phenoxy) is 2. The molecule has 3 nitrogen and oxygen atoms in total. The molecule has 1 aromatic rings. The molecular formula is C22H28F2O3. The molecule has 3 fully saturated rings. The first kappa shape index (κ1) is 18.9. The summed E-state index contributed by atoms with van der Waals surface area (Å²) in [7, 11) is 0. The topological polar surface area (TPSA) is 38.8 Å². The van der Waals surface area contributed by atoms with Crippen LogP contribution in [0, 0.1) is 29.4 Å². The quantitative estimate of drug-likeness (QED) is 0.528. The fraction of sp³-hybridized carbons (Fsp3) is 0.682. The van der Waals surface area contributed by atoms with E-state index in [0.717, 1.165) is 38.5 Å². The Morgan fingerprint density at radius 3 is 2.26 bits per heavy atom. The summed E-state index contributed by atoms with van der Waals surface area (Å²) < 4.78 is 39.4. The zero-order valence-corrected chi connectivity index (χ0v) is 16.0. The third kappa shape index (κ3) is 3.75. The van der Waals surface area contributed by atoms with Gasteiger partial charge in [0.25, 0.3) is 0 Å². The molecule has 1 saturated carbocycles. The molecule has 2 heterocycles. The molecule has 0 N–H and O–H groups in total. The van der Waals surface area contributed by atoms with Gasteiger partial charge >= 0.3 is 5.97 Å². The Balaban J connectivity index is 1.39. The second-order valence-electron chi connectivity index (χ2n) is 8.60. The number of carbonyl (C=O) groups is 1. The van der Waals surface area contributed by atoms with Gasteiger partial charge in [0, 0.05) is 5.56 Å². The van der Waals surface area contributed by atoms with Gasteiger partial charge in [-0.2, -0.15) is 0 Å². The lowest BCUT2D eigenvalue weighted by Crippen LogP contribution is -2.36. The largest absolute Gasteiger partial charge is 0.462 e. The van der Waals surface area contributed by atoms with Gasteiger partial charge in [0.05, 0.1) is 18.6 Å². The number of hydrogen-bond acceptors (Lipinski definition) is 3. The van der Waals surface area contributed by atoms with Crippen molar-refractivity contribution < 1.29 is 23.0 Å². The van der Waals surface area contributed by atoms with Crippen molar-refractivity contribution in [2.75, 3.05) is 6.61 Å². The first-order valence-electron chi connectivity index (χ1n) is 10.3. The van der Waals surface area contributed by atoms with Gasteiger partial charge in [0.15, 0.2) is 11.6 Å². The van der Waals surface area contributed by atoms with E-state index in [0.29, 0.717) is 23.7 Å². The van der Waals surface area contributed by atoms with E-state index in [1.165, 1.54) is 0 Å². The third-order valence-electron chi connectivity index (χ3n) is 6.92. The zero-order chi connectivity index (χ0) is 19.1. The maximum atomic E-state index is 14.6. The molecule has 148 valence electrons. The summed E-state index contributed by atoms with van der Waals surface area (Å²) >= 11 is 0. The fourth-order valence-electron chi connectivity index (χ4n) is 5.01. The van der Waals surface area contributed by atoms with Gasteiger partial charge in [-0.3, -0.25) is 4.79 Å². The van der Waals surface area contributed by atoms with Gasteiger partial charge < -0.3 is 9.47 Å². The molecule has 0 amide bonds. The summed E-state index contributed by atoms with van der Waals surface area (Å²) in [5.74, 6) is -0.755. The van der Waals surface area contributed by atoms with Crippen LogP contribution in [0.2, 0.25) is 0 Å². The van der Waals surface area contributed by atoms with E-state index in [1.807, 2.05) is 6.92 Å². The Kier molecular flexibility index (Phi) is 5.23. The van der Waals surface area contributed by atoms with Crippen LogP contribution < -0.4 is 0 Å². The van der Waals surface area contributed by atoms with Crippen LogP contribution in [0.25, 0.3) is 0 Å². The first-order chi connectivity index (χ1) is 13.0. The number of halogens is 2. The van der Waals surface area contributed by atoms with E-state index in [2.05, 4.69) is 6.92 Å². The van der Waals surface area contributed by atoms with E-state index in [1.54, 1.807) is 12.1 Å². The van der Waals surface area contributed by atoms with E-state index in [9.17, 15) is 13.6 Å². The first-order valence-corrected chi connectivity index (χ1v) is 10.3. The van der Waals surface area contributed by atoms with Crippen molar-refractivity contribution in [2.45, 2.75) is 70.5 Å². The summed E-state index contributed by atoms with van der Waals surface area (Å²) in [5, 5.41) is 0. The molecule has 3 aliphatic rings. The SMILES string of the molecule is CC1CCC(C(C)C2CCC(c3ccc(C4CO4)c(F)c3F)CC2)C(=O)O1. The summed E-state index contributed by atoms with van der Waals surface area (Å²) in [5.41, 5.74) is 0.831. The van der Waals surface area contributed by atoms with Gasteiger partial charge in [-0.1, -0.05) is 19.1 Å². The molecule has 0 bridgehead atoms. The highest BCUT2D eigenvalue weighted by Gasteiger charge is 2.38. The monoisotopic (exact) mass is 378 g/mol. The molecule has 2 aliphatic heterocycles. The van der Waals surface area contributed by atoms with Crippen molar-refractivity contribution in [1.29, 1.82) is 0 Å². The fourth-order valence-corrected chi connectivity index (χ4v) is 5.01. The van der Waals surface area contributed by atoms with Gasteiger partial charge in [0.2, 0.25) is 0 Å². The summed E-state index contributed by atoms with van der Waals surface area (Å²) in [6.45, 7) is 4.57. The summed E-state index contributed by atoms with van der Waals surface area (Å²) in [6.07, 6.45) is 5.13. The average Bonchev–Trinajstić information content (AvgIpc) is 3.49. The minimum absolute atomic E-state index is 0.0187. The number of esters is 1. The molecule has 4 atom stereocenters. The molecule has 0 aromatic heterocycles. The number of cyclic esters (lactones) is 1. The van der Waals surface area contributed by atoms with E-state index < -0.39 is 11.6 Å². The van der Waals surface area contributed by atoms with Gasteiger partial charge in [0.1, 0.15) is 6.10 Å². The Bertz CT molecular complexity index is 708. The average molecular weight is 378 g/mol. The zero-order valence-electron chi connectivity index (χ0n) is 16.0. The van der Waals surface area contributed by atoms with Crippen molar-refractivity contribution in [2.24, 2.45) is 17.8 Å². The van der Waals surface area contributed by atoms with Crippen LogP contribution >= 0.6 is 0 Å². The molecule has 5 heteroatoms. The Morgan fingerprint density at radius 1 is 1.00 bits per heavy atom. The minimum atomic E-state index is -0.746. The lowest BCUT2D eigenvalue weighted by Gasteiger charge is -2.37. The highest BCUT2D eigenvalue weighted by atomic mass is 19.2. The van der Waals surface area contributed by atoms with Crippen LogP contribution in [0.5, 0.6) is 0 Å². The van der Waals surface area contributed by atoms with E-state index in [-0.39, 0.29) is 35.9 Å². The van der Waals surface area contributed by atoms with Crippen LogP contribution in [-0.4, -0.2) is 18.7 Å². The number of rotatable bonds is 4. The number of benzene rings is 1. The Labute approximate surface area is 159 Å². The summed E-state index contributed by atoms with van der Waals surface area (Å²) in [6, 6.07) is 3.42. The maximum absolute atomic E-state index is 14.6. The Morgan fingerprint density at radius 2 is 1.63 bits per heavy atom. The molecule has 2 saturated heterocycles. The molecule has 1 aromatic carbocycles. The van der Waals surface area contributed by atoms with Gasteiger partial charge in [-0.25, -0.2) is 8.78 Å². The van der Waals surface area contributed by atoms with Crippen LogP contribution in [0.3, 0.4) is 0 Å². The molecule has 1 aliphatic carbocycles. The lowest BCUT2D eigenvalue weighted by atomic mass is 9.69. The third-order valence-corrected chi connectivity index (χ3v) is 6.92. The van der Waals surface area contributed by atoms with E-state index in [4.69, 9.17) is 9.47 Å². The molecule has 27 heavy (non-hydrogen) atoms. The predicted octanol–water partition coefficient (Wildman–Crippen LogP) is 5.29. The second-order valence-corrected chi connectivity index (χ2v) is 8.60. The van der Waals surface area contributed by atoms with Crippen molar-refractivity contribution in [1.82, 2.24) is 0 Å². The van der Waals surface area contributed by atoms with Crippen LogP contribution in [0.4, 0.5) is 8.78 Å². The van der Waals surface area contributed by atoms with Gasteiger partial charge in [-0.15, -0.1) is 0 Å². The molecule has 0 spiro atoms. The summed E-state index contributed by atoms with van der Waals surface area (Å²) in [4.78, 5) is 12.2. The van der Waals surface area contributed by atoms with E-state index >= 15 is 0 Å². The molecule has 4 rings (SSSR count). The van der Waals surface area contributed by atoms with Crippen LogP contribution in [0.15, 0.2) is 12.1 Å². The smallest absolute Gasteiger partial charge is 0.309 e. The van der Waals surface area contributed by atoms with Crippen LogP contribution in [-0.2, 0) is 14.3 Å². The van der Waals surface area contributed by atoms with Gasteiger partial charge in [-0.05, 0) is 68.8 Å². The number of epoxide rings is 1. The lowest BCUT2D eigenvalue weighted by molar-refractivity contribution is -0.162. The van der Waals surface area contributed by atoms with Crippen molar-refractivity contribution in [3.05, 3.63) is 34.9 Å². The molecule has 4 unspecified atom stereocenters. The maximum Gasteiger partial charge on any atom is 0.309 e.